The number of carboxylic acid groups (broad SMARTS) is 1. The van der Waals surface area contributed by atoms with E-state index in [4.69, 9.17) is 5.11 Å². The van der Waals surface area contributed by atoms with E-state index in [-0.39, 0.29) is 23.7 Å². The van der Waals surface area contributed by atoms with E-state index in [2.05, 4.69) is 5.10 Å². The number of carbonyl (C=O) groups is 2. The fourth-order valence-corrected chi connectivity index (χ4v) is 2.67. The fraction of sp³-hybridized carbons (Fsp3) is 0.267. The highest BCUT2D eigenvalue weighted by atomic mass is 16.6. The molecule has 1 aromatic carbocycles. The molecule has 2 aromatic rings. The normalized spacial score (nSPS) is 13.4. The Labute approximate surface area is 136 Å². The van der Waals surface area contributed by atoms with E-state index in [9.17, 15) is 19.7 Å². The van der Waals surface area contributed by atoms with Gasteiger partial charge < -0.3 is 10.0 Å². The molecule has 1 aliphatic heterocycles. The van der Waals surface area contributed by atoms with E-state index in [0.29, 0.717) is 19.5 Å². The van der Waals surface area contributed by atoms with Gasteiger partial charge in [0.2, 0.25) is 5.91 Å². The number of nitro groups is 1. The van der Waals surface area contributed by atoms with E-state index < -0.39 is 10.9 Å². The third-order valence-corrected chi connectivity index (χ3v) is 3.95. The van der Waals surface area contributed by atoms with Crippen molar-refractivity contribution in [1.29, 1.82) is 0 Å². The van der Waals surface area contributed by atoms with Gasteiger partial charge in [0.1, 0.15) is 18.9 Å². The lowest BCUT2D eigenvalue weighted by atomic mass is 9.97. The van der Waals surface area contributed by atoms with Crippen molar-refractivity contribution in [3.05, 3.63) is 57.4 Å². The summed E-state index contributed by atoms with van der Waals surface area (Å²) < 4.78 is 1.23. The van der Waals surface area contributed by atoms with Crippen LogP contribution in [0.5, 0.6) is 0 Å². The van der Waals surface area contributed by atoms with Gasteiger partial charge in [0.05, 0.1) is 10.5 Å². The number of hydrogen-bond donors (Lipinski definition) is 1. The number of nitrogens with zero attached hydrogens (tertiary/aromatic N) is 4. The van der Waals surface area contributed by atoms with Crippen LogP contribution in [0.25, 0.3) is 0 Å². The molecular weight excluding hydrogens is 316 g/mol. The summed E-state index contributed by atoms with van der Waals surface area (Å²) in [7, 11) is 0. The highest BCUT2D eigenvalue weighted by Crippen LogP contribution is 2.21. The van der Waals surface area contributed by atoms with Gasteiger partial charge in [0, 0.05) is 13.1 Å². The predicted molar refractivity (Wildman–Crippen MR) is 81.4 cm³/mol. The number of aromatic carboxylic acids is 1. The number of fused-ring (bicyclic) bond motifs is 1. The molecule has 0 fully saturated rings. The van der Waals surface area contributed by atoms with Gasteiger partial charge in [-0.2, -0.15) is 5.10 Å². The van der Waals surface area contributed by atoms with E-state index in [0.717, 1.165) is 17.3 Å². The Morgan fingerprint density at radius 3 is 2.79 bits per heavy atom. The molecule has 124 valence electrons. The number of carboxylic acids is 1. The molecule has 9 nitrogen and oxygen atoms in total. The molecular formula is C15H14N4O5. The van der Waals surface area contributed by atoms with Gasteiger partial charge in [-0.25, -0.2) is 4.79 Å². The first-order valence-corrected chi connectivity index (χ1v) is 7.24. The van der Waals surface area contributed by atoms with Crippen molar-refractivity contribution in [2.24, 2.45) is 0 Å². The van der Waals surface area contributed by atoms with Gasteiger partial charge in [-0.1, -0.05) is 6.07 Å². The summed E-state index contributed by atoms with van der Waals surface area (Å²) in [4.78, 5) is 35.1. The Kier molecular flexibility index (Phi) is 3.98. The van der Waals surface area contributed by atoms with Crippen LogP contribution in [0.4, 0.5) is 5.69 Å². The number of aromatic nitrogens is 2. The average Bonchev–Trinajstić information content (AvgIpc) is 3.02. The number of amides is 1. The van der Waals surface area contributed by atoms with Crippen LogP contribution >= 0.6 is 0 Å². The maximum Gasteiger partial charge on any atom is 0.335 e. The molecule has 1 aromatic heterocycles. The summed E-state index contributed by atoms with van der Waals surface area (Å²) in [6.45, 7) is 0.738. The van der Waals surface area contributed by atoms with Crippen LogP contribution < -0.4 is 0 Å². The first kappa shape index (κ1) is 15.7. The summed E-state index contributed by atoms with van der Waals surface area (Å²) >= 11 is 0. The second kappa shape index (κ2) is 6.11. The van der Waals surface area contributed by atoms with Gasteiger partial charge in [-0.3, -0.25) is 19.6 Å². The van der Waals surface area contributed by atoms with Crippen LogP contribution in [0.2, 0.25) is 0 Å². The second-order valence-electron chi connectivity index (χ2n) is 5.51. The Balaban J connectivity index is 1.71. The third-order valence-electron chi connectivity index (χ3n) is 3.95. The highest BCUT2D eigenvalue weighted by molar-refractivity contribution is 5.88. The van der Waals surface area contributed by atoms with Gasteiger partial charge >= 0.3 is 11.7 Å². The number of rotatable bonds is 4. The summed E-state index contributed by atoms with van der Waals surface area (Å²) in [6.07, 6.45) is 2.94. The number of hydrogen-bond acceptors (Lipinski definition) is 5. The molecule has 0 radical (unpaired) electrons. The molecule has 1 N–H and O–H groups in total. The summed E-state index contributed by atoms with van der Waals surface area (Å²) in [6, 6.07) is 4.91. The van der Waals surface area contributed by atoms with Gasteiger partial charge in [-0.05, 0) is 29.7 Å². The molecule has 1 aliphatic rings. The molecule has 0 unspecified atom stereocenters. The topological polar surface area (TPSA) is 119 Å². The molecule has 0 aliphatic carbocycles. The SMILES string of the molecule is O=C(O)c1ccc2c(c1)CN(C(=O)Cn1cc([N+](=O)[O-])cn1)CC2. The maximum absolute atomic E-state index is 12.4. The predicted octanol–water partition coefficient (Wildman–Crippen LogP) is 1.07. The Hall–Kier alpha value is -3.23. The molecule has 0 spiro atoms. The molecule has 0 saturated heterocycles. The van der Waals surface area contributed by atoms with Crippen molar-refractivity contribution in [2.45, 2.75) is 19.5 Å². The Morgan fingerprint density at radius 2 is 2.12 bits per heavy atom. The lowest BCUT2D eigenvalue weighted by Gasteiger charge is -2.29. The van der Waals surface area contributed by atoms with Crippen LogP contribution in [-0.2, 0) is 24.3 Å². The van der Waals surface area contributed by atoms with E-state index in [1.54, 1.807) is 23.1 Å². The lowest BCUT2D eigenvalue weighted by molar-refractivity contribution is -0.385. The van der Waals surface area contributed by atoms with Crippen LogP contribution in [-0.4, -0.2) is 43.1 Å². The molecule has 0 saturated carbocycles. The Bertz CT molecular complexity index is 829. The third kappa shape index (κ3) is 3.09. The van der Waals surface area contributed by atoms with Crippen molar-refractivity contribution < 1.29 is 19.6 Å². The van der Waals surface area contributed by atoms with Gasteiger partial charge in [0.15, 0.2) is 0 Å². The van der Waals surface area contributed by atoms with Crippen LogP contribution in [0.1, 0.15) is 21.5 Å². The van der Waals surface area contributed by atoms with E-state index >= 15 is 0 Å². The standard InChI is InChI=1S/C15H14N4O5/c20-14(9-18-8-13(6-16-18)19(23)24)17-4-3-10-1-2-11(15(21)22)5-12(10)7-17/h1-2,5-6,8H,3-4,7,9H2,(H,21,22). The number of carbonyl (C=O) groups excluding carboxylic acids is 1. The first-order valence-electron chi connectivity index (χ1n) is 7.24. The van der Waals surface area contributed by atoms with Crippen molar-refractivity contribution in [3.8, 4) is 0 Å². The minimum Gasteiger partial charge on any atom is -0.478 e. The number of benzene rings is 1. The zero-order chi connectivity index (χ0) is 17.3. The first-order chi connectivity index (χ1) is 11.4. The zero-order valence-corrected chi connectivity index (χ0v) is 12.6. The van der Waals surface area contributed by atoms with Gasteiger partial charge in [-0.15, -0.1) is 0 Å². The van der Waals surface area contributed by atoms with Crippen LogP contribution in [0, 0.1) is 10.1 Å². The van der Waals surface area contributed by atoms with Crippen LogP contribution in [0.15, 0.2) is 30.6 Å². The van der Waals surface area contributed by atoms with Crippen molar-refractivity contribution in [2.75, 3.05) is 6.54 Å². The monoisotopic (exact) mass is 330 g/mol. The molecule has 0 atom stereocenters. The molecule has 1 amide bonds. The molecule has 24 heavy (non-hydrogen) atoms. The largest absolute Gasteiger partial charge is 0.478 e. The van der Waals surface area contributed by atoms with Crippen molar-refractivity contribution in [1.82, 2.24) is 14.7 Å². The Morgan fingerprint density at radius 1 is 1.33 bits per heavy atom. The maximum atomic E-state index is 12.4. The smallest absolute Gasteiger partial charge is 0.335 e. The molecule has 2 heterocycles. The molecule has 3 rings (SSSR count). The van der Waals surface area contributed by atoms with Crippen molar-refractivity contribution >= 4 is 17.6 Å². The van der Waals surface area contributed by atoms with Crippen molar-refractivity contribution in [3.63, 3.8) is 0 Å². The average molecular weight is 330 g/mol. The second-order valence-corrected chi connectivity index (χ2v) is 5.51. The summed E-state index contributed by atoms with van der Waals surface area (Å²) in [5.41, 5.74) is 1.85. The minimum atomic E-state index is -1.01. The minimum absolute atomic E-state index is 0.0954. The molecule has 9 heteroatoms. The van der Waals surface area contributed by atoms with E-state index in [1.165, 1.54) is 10.9 Å². The summed E-state index contributed by atoms with van der Waals surface area (Å²) in [5, 5.41) is 23.5. The zero-order valence-electron chi connectivity index (χ0n) is 12.6. The van der Waals surface area contributed by atoms with Crippen LogP contribution in [0.3, 0.4) is 0 Å². The fourth-order valence-electron chi connectivity index (χ4n) is 2.67. The quantitative estimate of drug-likeness (QED) is 0.662. The highest BCUT2D eigenvalue weighted by Gasteiger charge is 2.22. The lowest BCUT2D eigenvalue weighted by Crippen LogP contribution is -2.38. The van der Waals surface area contributed by atoms with Gasteiger partial charge in [0.25, 0.3) is 0 Å². The van der Waals surface area contributed by atoms with E-state index in [1.807, 2.05) is 0 Å². The summed E-state index contributed by atoms with van der Waals surface area (Å²) in [5.74, 6) is -1.23. The molecule has 0 bridgehead atoms.